The number of aromatic amines is 1. The van der Waals surface area contributed by atoms with Crippen LogP contribution in [0.3, 0.4) is 0 Å². The molecule has 7 nitrogen and oxygen atoms in total. The second-order valence-corrected chi connectivity index (χ2v) is 8.17. The Balaban J connectivity index is 1.38. The molecule has 164 valence electrons. The first-order chi connectivity index (χ1) is 15.7. The maximum Gasteiger partial charge on any atom is 0.275 e. The van der Waals surface area contributed by atoms with E-state index in [-0.39, 0.29) is 12.2 Å². The molecular formula is C25H26N4O3. The van der Waals surface area contributed by atoms with Crippen LogP contribution < -0.4 is 10.3 Å². The number of hydrogen-bond acceptors (Lipinski definition) is 5. The van der Waals surface area contributed by atoms with Gasteiger partial charge in [0.25, 0.3) is 5.56 Å². The minimum atomic E-state index is -0.507. The van der Waals surface area contributed by atoms with Crippen LogP contribution in [-0.2, 0) is 0 Å². The standard InChI is InChI=1S/C25H26N4O3/c30-20(14-28-12-4-5-13-28)16-32-21-10-8-18(9-11-21)22-15-29(19-6-2-1-3-7-19)24-23(22)26-17-27-25(24)31/h1-3,6-11,15,17,20,30H,4-5,12-14,16H2,(H,26,27,31). The maximum atomic E-state index is 12.6. The number of ether oxygens (including phenoxy) is 1. The molecule has 32 heavy (non-hydrogen) atoms. The number of aromatic nitrogens is 3. The van der Waals surface area contributed by atoms with Gasteiger partial charge in [0.15, 0.2) is 0 Å². The summed E-state index contributed by atoms with van der Waals surface area (Å²) in [4.78, 5) is 22.0. The first-order valence-corrected chi connectivity index (χ1v) is 11.0. The minimum absolute atomic E-state index is 0.183. The highest BCUT2D eigenvalue weighted by atomic mass is 16.5. The van der Waals surface area contributed by atoms with Gasteiger partial charge >= 0.3 is 0 Å². The third-order valence-corrected chi connectivity index (χ3v) is 5.89. The van der Waals surface area contributed by atoms with E-state index in [1.54, 1.807) is 0 Å². The molecule has 1 atom stereocenters. The van der Waals surface area contributed by atoms with E-state index in [9.17, 15) is 9.90 Å². The van der Waals surface area contributed by atoms with Gasteiger partial charge in [0, 0.05) is 24.0 Å². The normalized spacial score (nSPS) is 15.3. The van der Waals surface area contributed by atoms with Gasteiger partial charge in [0.05, 0.1) is 6.33 Å². The molecular weight excluding hydrogens is 404 g/mol. The van der Waals surface area contributed by atoms with E-state index in [2.05, 4.69) is 14.9 Å². The zero-order chi connectivity index (χ0) is 21.9. The number of nitrogens with one attached hydrogen (secondary N) is 1. The number of fused-ring (bicyclic) bond motifs is 1. The van der Waals surface area contributed by atoms with Crippen LogP contribution in [-0.4, -0.2) is 56.9 Å². The predicted octanol–water partition coefficient (Wildman–Crippen LogP) is 3.22. The largest absolute Gasteiger partial charge is 0.491 e. The average Bonchev–Trinajstić information content (AvgIpc) is 3.47. The van der Waals surface area contributed by atoms with Gasteiger partial charge in [0.1, 0.15) is 29.5 Å². The quantitative estimate of drug-likeness (QED) is 0.470. The number of aliphatic hydroxyl groups is 1. The first kappa shape index (κ1) is 20.5. The highest BCUT2D eigenvalue weighted by molar-refractivity contribution is 5.93. The van der Waals surface area contributed by atoms with Crippen molar-refractivity contribution in [2.24, 2.45) is 0 Å². The number of rotatable bonds is 7. The molecule has 7 heteroatoms. The van der Waals surface area contributed by atoms with Gasteiger partial charge in [-0.1, -0.05) is 30.3 Å². The molecule has 2 aromatic carbocycles. The summed E-state index contributed by atoms with van der Waals surface area (Å²) < 4.78 is 7.67. The molecule has 5 rings (SSSR count). The number of likely N-dealkylation sites (tertiary alicyclic amines) is 1. The molecule has 0 amide bonds. The van der Waals surface area contributed by atoms with Gasteiger partial charge in [0.2, 0.25) is 0 Å². The fourth-order valence-electron chi connectivity index (χ4n) is 4.31. The molecule has 1 fully saturated rings. The minimum Gasteiger partial charge on any atom is -0.491 e. The van der Waals surface area contributed by atoms with Crippen LogP contribution in [0.5, 0.6) is 5.75 Å². The number of benzene rings is 2. The summed E-state index contributed by atoms with van der Waals surface area (Å²) in [6.45, 7) is 3.02. The topological polar surface area (TPSA) is 83.4 Å². The summed E-state index contributed by atoms with van der Waals surface area (Å²) in [6.07, 6.45) is 5.28. The molecule has 2 aromatic heterocycles. The van der Waals surface area contributed by atoms with Crippen molar-refractivity contribution in [1.82, 2.24) is 19.4 Å². The number of para-hydroxylation sites is 1. The number of β-amino-alcohol motifs (C(OH)–C–C–N with tert-alkyl or cyclic N) is 1. The lowest BCUT2D eigenvalue weighted by atomic mass is 10.1. The van der Waals surface area contributed by atoms with Crippen molar-refractivity contribution >= 4 is 11.0 Å². The number of hydrogen-bond donors (Lipinski definition) is 2. The van der Waals surface area contributed by atoms with Gasteiger partial charge in [-0.05, 0) is 55.8 Å². The number of nitrogens with zero attached hydrogens (tertiary/aromatic N) is 3. The van der Waals surface area contributed by atoms with Gasteiger partial charge in [-0.3, -0.25) is 4.79 Å². The molecule has 1 saturated heterocycles. The van der Waals surface area contributed by atoms with Crippen molar-refractivity contribution in [3.05, 3.63) is 77.5 Å². The third-order valence-electron chi connectivity index (χ3n) is 5.89. The van der Waals surface area contributed by atoms with Crippen molar-refractivity contribution in [1.29, 1.82) is 0 Å². The number of aliphatic hydroxyl groups excluding tert-OH is 1. The van der Waals surface area contributed by atoms with Crippen molar-refractivity contribution in [2.45, 2.75) is 18.9 Å². The molecule has 3 heterocycles. The Kier molecular flexibility index (Phi) is 5.75. The lowest BCUT2D eigenvalue weighted by molar-refractivity contribution is 0.0758. The highest BCUT2D eigenvalue weighted by Crippen LogP contribution is 2.30. The molecule has 0 spiro atoms. The van der Waals surface area contributed by atoms with Crippen LogP contribution in [0.25, 0.3) is 27.8 Å². The van der Waals surface area contributed by atoms with E-state index in [0.29, 0.717) is 23.3 Å². The molecule has 1 aliphatic heterocycles. The Labute approximate surface area is 185 Å². The van der Waals surface area contributed by atoms with Gasteiger partial charge in [-0.15, -0.1) is 0 Å². The summed E-state index contributed by atoms with van der Waals surface area (Å²) >= 11 is 0. The molecule has 2 N–H and O–H groups in total. The molecule has 0 saturated carbocycles. The number of H-pyrrole nitrogens is 1. The van der Waals surface area contributed by atoms with Crippen molar-refractivity contribution in [3.63, 3.8) is 0 Å². The van der Waals surface area contributed by atoms with Gasteiger partial charge < -0.3 is 24.3 Å². The van der Waals surface area contributed by atoms with E-state index in [0.717, 1.165) is 29.9 Å². The van der Waals surface area contributed by atoms with E-state index in [4.69, 9.17) is 4.74 Å². The fourth-order valence-corrected chi connectivity index (χ4v) is 4.31. The fraction of sp³-hybridized carbons (Fsp3) is 0.280. The molecule has 1 aliphatic rings. The smallest absolute Gasteiger partial charge is 0.275 e. The molecule has 0 aliphatic carbocycles. The molecule has 4 aromatic rings. The average molecular weight is 431 g/mol. The SMILES string of the molecule is O=c1[nH]cnc2c(-c3ccc(OCC(O)CN4CCCC4)cc3)cn(-c3ccccc3)c12. The van der Waals surface area contributed by atoms with Gasteiger partial charge in [-0.25, -0.2) is 4.98 Å². The molecule has 1 unspecified atom stereocenters. The molecule has 0 bridgehead atoms. The predicted molar refractivity (Wildman–Crippen MR) is 124 cm³/mol. The highest BCUT2D eigenvalue weighted by Gasteiger charge is 2.17. The zero-order valence-corrected chi connectivity index (χ0v) is 17.8. The van der Waals surface area contributed by atoms with E-state index >= 15 is 0 Å². The van der Waals surface area contributed by atoms with E-state index < -0.39 is 6.10 Å². The Morgan fingerprint density at radius 3 is 2.56 bits per heavy atom. The van der Waals surface area contributed by atoms with Crippen LogP contribution in [0.15, 0.2) is 71.9 Å². The zero-order valence-electron chi connectivity index (χ0n) is 17.8. The summed E-state index contributed by atoms with van der Waals surface area (Å²) in [5, 5.41) is 10.2. The summed E-state index contributed by atoms with van der Waals surface area (Å²) in [5.41, 5.74) is 3.68. The van der Waals surface area contributed by atoms with Crippen LogP contribution >= 0.6 is 0 Å². The van der Waals surface area contributed by atoms with Gasteiger partial charge in [-0.2, -0.15) is 0 Å². The third kappa shape index (κ3) is 4.17. The maximum absolute atomic E-state index is 12.6. The lowest BCUT2D eigenvalue weighted by Gasteiger charge is -2.19. The second kappa shape index (κ2) is 8.98. The van der Waals surface area contributed by atoms with Crippen LogP contribution in [0, 0.1) is 0 Å². The Hall–Kier alpha value is -3.42. The molecule has 0 radical (unpaired) electrons. The lowest BCUT2D eigenvalue weighted by Crippen LogP contribution is -2.33. The van der Waals surface area contributed by atoms with Crippen LogP contribution in [0.1, 0.15) is 12.8 Å². The monoisotopic (exact) mass is 430 g/mol. The van der Waals surface area contributed by atoms with E-state index in [1.165, 1.54) is 19.2 Å². The van der Waals surface area contributed by atoms with Crippen molar-refractivity contribution in [2.75, 3.05) is 26.2 Å². The Morgan fingerprint density at radius 1 is 1.06 bits per heavy atom. The van der Waals surface area contributed by atoms with Crippen LogP contribution in [0.4, 0.5) is 0 Å². The second-order valence-electron chi connectivity index (χ2n) is 8.17. The Morgan fingerprint density at radius 2 is 1.81 bits per heavy atom. The van der Waals surface area contributed by atoms with E-state index in [1.807, 2.05) is 65.4 Å². The van der Waals surface area contributed by atoms with Crippen LogP contribution in [0.2, 0.25) is 0 Å². The summed E-state index contributed by atoms with van der Waals surface area (Å²) in [5.74, 6) is 0.701. The Bertz CT molecular complexity index is 1240. The van der Waals surface area contributed by atoms with Crippen molar-refractivity contribution in [3.8, 4) is 22.6 Å². The summed E-state index contributed by atoms with van der Waals surface area (Å²) in [7, 11) is 0. The summed E-state index contributed by atoms with van der Waals surface area (Å²) in [6, 6.07) is 17.4. The van der Waals surface area contributed by atoms with Crippen molar-refractivity contribution < 1.29 is 9.84 Å². The first-order valence-electron chi connectivity index (χ1n) is 11.0.